The summed E-state index contributed by atoms with van der Waals surface area (Å²) in [6, 6.07) is 8.09. The van der Waals surface area contributed by atoms with Crippen LogP contribution >= 0.6 is 0 Å². The largest absolute Gasteiger partial charge is 0.462 e. The van der Waals surface area contributed by atoms with Crippen LogP contribution in [-0.4, -0.2) is 29.9 Å². The van der Waals surface area contributed by atoms with Crippen LogP contribution in [0, 0.1) is 22.2 Å². The zero-order valence-corrected chi connectivity index (χ0v) is 21.2. The number of nitriles is 1. The molecule has 0 N–H and O–H groups in total. The summed E-state index contributed by atoms with van der Waals surface area (Å²) in [6.45, 7) is 12.9. The van der Waals surface area contributed by atoms with Gasteiger partial charge < -0.3 is 4.74 Å². The van der Waals surface area contributed by atoms with Crippen LogP contribution in [0.15, 0.2) is 69.9 Å². The summed E-state index contributed by atoms with van der Waals surface area (Å²) in [5, 5.41) is 9.87. The fraction of sp³-hybridized carbons (Fsp3) is 0.345. The first kappa shape index (κ1) is 25.8. The first-order valence-corrected chi connectivity index (χ1v) is 11.5. The van der Waals surface area contributed by atoms with Crippen LogP contribution in [0.3, 0.4) is 0 Å². The number of fused-ring (bicyclic) bond motifs is 1. The van der Waals surface area contributed by atoms with Crippen LogP contribution in [-0.2, 0) is 14.3 Å². The lowest BCUT2D eigenvalue weighted by molar-refractivity contribution is -0.138. The van der Waals surface area contributed by atoms with Gasteiger partial charge in [0, 0.05) is 27.8 Å². The van der Waals surface area contributed by atoms with E-state index in [0.29, 0.717) is 16.7 Å². The molecule has 0 aromatic heterocycles. The number of nitrogens with zero attached hydrogens (tertiary/aromatic N) is 1. The maximum Gasteiger partial charge on any atom is 0.349 e. The molecule has 0 saturated heterocycles. The Hall–Kier alpha value is -3.85. The third kappa shape index (κ3) is 4.59. The molecule has 3 rings (SSSR count). The van der Waals surface area contributed by atoms with Crippen molar-refractivity contribution < 1.29 is 23.9 Å². The molecule has 180 valence electrons. The SMILES string of the molecule is CCOC(=O)/C(C#N)=C1\C(=O)c2ccccc2C(=O)C1=C1C=C(C(C)(C)C)C(=O)C(C(C)(C)C)=C1. The second kappa shape index (κ2) is 9.07. The molecule has 6 heteroatoms. The van der Waals surface area contributed by atoms with Crippen molar-refractivity contribution in [1.29, 1.82) is 5.26 Å². The smallest absolute Gasteiger partial charge is 0.349 e. The second-order valence-electron chi connectivity index (χ2n) is 10.6. The van der Waals surface area contributed by atoms with Crippen LogP contribution in [0.2, 0.25) is 0 Å². The molecule has 0 radical (unpaired) electrons. The summed E-state index contributed by atoms with van der Waals surface area (Å²) in [7, 11) is 0. The van der Waals surface area contributed by atoms with Gasteiger partial charge in [-0.1, -0.05) is 65.8 Å². The number of hydrogen-bond donors (Lipinski definition) is 0. The molecule has 0 amide bonds. The van der Waals surface area contributed by atoms with Gasteiger partial charge in [-0.05, 0) is 35.5 Å². The molecular weight excluding hydrogens is 442 g/mol. The first-order chi connectivity index (χ1) is 16.2. The normalized spacial score (nSPS) is 17.9. The van der Waals surface area contributed by atoms with E-state index in [9.17, 15) is 24.4 Å². The van der Waals surface area contributed by atoms with Gasteiger partial charge in [0.15, 0.2) is 17.3 Å². The monoisotopic (exact) mass is 471 g/mol. The zero-order chi connectivity index (χ0) is 26.3. The standard InChI is InChI=1S/C29H29NO5/c1-8-35-27(34)19(15-30)23-22(24(31)17-11-9-10-12-18(17)25(23)32)16-13-20(28(2,3)4)26(33)21(14-16)29(5,6)7/h9-14H,8H2,1-7H3/b23-19-. The molecule has 0 unspecified atom stereocenters. The van der Waals surface area contributed by atoms with Crippen molar-refractivity contribution >= 4 is 23.3 Å². The average molecular weight is 472 g/mol. The molecule has 2 aliphatic carbocycles. The molecule has 2 aliphatic rings. The molecule has 0 aliphatic heterocycles. The van der Waals surface area contributed by atoms with Gasteiger partial charge in [0.2, 0.25) is 0 Å². The van der Waals surface area contributed by atoms with E-state index in [-0.39, 0.29) is 34.7 Å². The number of rotatable bonds is 2. The topological polar surface area (TPSA) is 101 Å². The highest BCUT2D eigenvalue weighted by Crippen LogP contribution is 2.42. The number of ketones is 3. The third-order valence-corrected chi connectivity index (χ3v) is 5.96. The van der Waals surface area contributed by atoms with Crippen molar-refractivity contribution in [2.45, 2.75) is 48.5 Å². The number of ether oxygens (including phenoxy) is 1. The predicted molar refractivity (Wildman–Crippen MR) is 131 cm³/mol. The number of hydrogen-bond acceptors (Lipinski definition) is 6. The fourth-order valence-corrected chi connectivity index (χ4v) is 4.18. The van der Waals surface area contributed by atoms with E-state index in [0.717, 1.165) is 0 Å². The van der Waals surface area contributed by atoms with Gasteiger partial charge in [-0.15, -0.1) is 0 Å². The van der Waals surface area contributed by atoms with Crippen molar-refractivity contribution in [2.75, 3.05) is 6.61 Å². The van der Waals surface area contributed by atoms with Crippen LogP contribution in [0.4, 0.5) is 0 Å². The molecule has 0 spiro atoms. The highest BCUT2D eigenvalue weighted by atomic mass is 16.5. The predicted octanol–water partition coefficient (Wildman–Crippen LogP) is 5.27. The summed E-state index contributed by atoms with van der Waals surface area (Å²) >= 11 is 0. The molecule has 0 saturated carbocycles. The van der Waals surface area contributed by atoms with Gasteiger partial charge >= 0.3 is 5.97 Å². The fourth-order valence-electron chi connectivity index (χ4n) is 4.18. The van der Waals surface area contributed by atoms with E-state index in [2.05, 4.69) is 0 Å². The number of allylic oxidation sites excluding steroid dienone is 7. The lowest BCUT2D eigenvalue weighted by Crippen LogP contribution is -2.30. The number of esters is 1. The van der Waals surface area contributed by atoms with Crippen LogP contribution < -0.4 is 0 Å². The Morgan fingerprint density at radius 3 is 1.77 bits per heavy atom. The Labute approximate surface area is 205 Å². The number of carbonyl (C=O) groups excluding carboxylic acids is 4. The average Bonchev–Trinajstić information content (AvgIpc) is 2.76. The molecule has 1 aromatic carbocycles. The van der Waals surface area contributed by atoms with E-state index in [1.807, 2.05) is 41.5 Å². The summed E-state index contributed by atoms with van der Waals surface area (Å²) < 4.78 is 5.03. The van der Waals surface area contributed by atoms with E-state index in [1.54, 1.807) is 43.3 Å². The Morgan fingerprint density at radius 2 is 1.34 bits per heavy atom. The van der Waals surface area contributed by atoms with E-state index < -0.39 is 33.9 Å². The van der Waals surface area contributed by atoms with Crippen molar-refractivity contribution in [3.63, 3.8) is 0 Å². The second-order valence-corrected chi connectivity index (χ2v) is 10.6. The molecular formula is C29H29NO5. The summed E-state index contributed by atoms with van der Waals surface area (Å²) in [5.41, 5.74) is -0.468. The molecule has 1 aromatic rings. The molecule has 0 fully saturated rings. The van der Waals surface area contributed by atoms with Gasteiger partial charge in [-0.3, -0.25) is 14.4 Å². The quantitative estimate of drug-likeness (QED) is 0.331. The third-order valence-electron chi connectivity index (χ3n) is 5.96. The summed E-state index contributed by atoms with van der Waals surface area (Å²) in [4.78, 5) is 53.6. The number of benzene rings is 1. The van der Waals surface area contributed by atoms with Gasteiger partial charge in [0.05, 0.1) is 12.2 Å². The van der Waals surface area contributed by atoms with Crippen molar-refractivity contribution in [2.24, 2.45) is 10.8 Å². The van der Waals surface area contributed by atoms with Gasteiger partial charge in [-0.25, -0.2) is 4.79 Å². The number of carbonyl (C=O) groups is 4. The minimum absolute atomic E-state index is 0.00141. The van der Waals surface area contributed by atoms with Crippen LogP contribution in [0.5, 0.6) is 0 Å². The maximum atomic E-state index is 13.8. The number of Topliss-reactive ketones (excluding diaryl/α,β-unsaturated/α-hetero) is 3. The first-order valence-electron chi connectivity index (χ1n) is 11.5. The van der Waals surface area contributed by atoms with Crippen molar-refractivity contribution in [3.8, 4) is 6.07 Å². The van der Waals surface area contributed by atoms with Gasteiger partial charge in [0.25, 0.3) is 0 Å². The van der Waals surface area contributed by atoms with E-state index >= 15 is 0 Å². The van der Waals surface area contributed by atoms with E-state index in [1.165, 1.54) is 6.07 Å². The van der Waals surface area contributed by atoms with Gasteiger partial charge in [-0.2, -0.15) is 5.26 Å². The molecule has 35 heavy (non-hydrogen) atoms. The Morgan fingerprint density at radius 1 is 0.857 bits per heavy atom. The zero-order valence-electron chi connectivity index (χ0n) is 21.2. The highest BCUT2D eigenvalue weighted by Gasteiger charge is 2.40. The van der Waals surface area contributed by atoms with Crippen molar-refractivity contribution in [3.05, 3.63) is 81.0 Å². The Balaban J connectivity index is 2.54. The lowest BCUT2D eigenvalue weighted by Gasteiger charge is -2.32. The molecule has 0 bridgehead atoms. The Bertz CT molecular complexity index is 1290. The van der Waals surface area contributed by atoms with Crippen molar-refractivity contribution in [1.82, 2.24) is 0 Å². The molecule has 6 nitrogen and oxygen atoms in total. The minimum atomic E-state index is -0.976. The minimum Gasteiger partial charge on any atom is -0.462 e. The lowest BCUT2D eigenvalue weighted by atomic mass is 9.70. The van der Waals surface area contributed by atoms with Gasteiger partial charge in [0.1, 0.15) is 11.6 Å². The molecule has 0 heterocycles. The summed E-state index contributed by atoms with van der Waals surface area (Å²) in [6.07, 6.45) is 3.21. The maximum absolute atomic E-state index is 13.8. The Kier molecular flexibility index (Phi) is 6.68. The molecule has 0 atom stereocenters. The highest BCUT2D eigenvalue weighted by molar-refractivity contribution is 6.33. The van der Waals surface area contributed by atoms with Crippen LogP contribution in [0.1, 0.15) is 69.2 Å². The summed E-state index contributed by atoms with van der Waals surface area (Å²) in [5.74, 6) is -2.22. The van der Waals surface area contributed by atoms with Crippen LogP contribution in [0.25, 0.3) is 0 Å². The van der Waals surface area contributed by atoms with E-state index in [4.69, 9.17) is 4.74 Å².